The minimum absolute atomic E-state index is 0.265. The van der Waals surface area contributed by atoms with Crippen molar-refractivity contribution in [2.45, 2.75) is 32.1 Å². The Morgan fingerprint density at radius 3 is 2.61 bits per heavy atom. The highest BCUT2D eigenvalue weighted by atomic mass is 16.5. The van der Waals surface area contributed by atoms with Gasteiger partial charge in [0.25, 0.3) is 0 Å². The predicted octanol–water partition coefficient (Wildman–Crippen LogP) is 2.48. The van der Waals surface area contributed by atoms with Crippen LogP contribution in [0.15, 0.2) is 24.3 Å². The third kappa shape index (κ3) is 4.71. The molecule has 0 bridgehead atoms. The first kappa shape index (κ1) is 16.3. The summed E-state index contributed by atoms with van der Waals surface area (Å²) in [6, 6.07) is 8.26. The number of amides is 1. The zero-order chi connectivity index (χ0) is 16.1. The van der Waals surface area contributed by atoms with E-state index in [-0.39, 0.29) is 5.91 Å². The molecule has 0 spiro atoms. The highest BCUT2D eigenvalue weighted by molar-refractivity contribution is 5.78. The molecule has 1 aromatic carbocycles. The lowest BCUT2D eigenvalue weighted by Gasteiger charge is -2.32. The van der Waals surface area contributed by atoms with Crippen molar-refractivity contribution in [2.24, 2.45) is 11.8 Å². The molecule has 3 rings (SSSR count). The van der Waals surface area contributed by atoms with Crippen LogP contribution in [-0.4, -0.2) is 44.1 Å². The van der Waals surface area contributed by atoms with Crippen molar-refractivity contribution in [3.05, 3.63) is 29.8 Å². The highest BCUT2D eigenvalue weighted by Crippen LogP contribution is 2.28. The van der Waals surface area contributed by atoms with Gasteiger partial charge in [-0.2, -0.15) is 0 Å². The maximum Gasteiger partial charge on any atom is 0.236 e. The third-order valence-electron chi connectivity index (χ3n) is 5.07. The Morgan fingerprint density at radius 1 is 1.17 bits per heavy atom. The van der Waals surface area contributed by atoms with E-state index in [0.29, 0.717) is 12.5 Å². The van der Waals surface area contributed by atoms with Gasteiger partial charge in [0, 0.05) is 13.1 Å². The average Bonchev–Trinajstić information content (AvgIpc) is 3.40. The molecule has 0 aromatic heterocycles. The molecule has 126 valence electrons. The molecule has 4 nitrogen and oxygen atoms in total. The number of carbonyl (C=O) groups excluding carboxylic acids is 1. The molecule has 23 heavy (non-hydrogen) atoms. The minimum atomic E-state index is 0.265. The van der Waals surface area contributed by atoms with Gasteiger partial charge in [0.2, 0.25) is 5.91 Å². The van der Waals surface area contributed by atoms with E-state index in [2.05, 4.69) is 17.4 Å². The molecule has 2 aliphatic rings. The van der Waals surface area contributed by atoms with Crippen molar-refractivity contribution in [1.82, 2.24) is 10.2 Å². The number of methoxy groups -OCH3 is 1. The van der Waals surface area contributed by atoms with Gasteiger partial charge in [0.15, 0.2) is 0 Å². The summed E-state index contributed by atoms with van der Waals surface area (Å²) in [5.74, 6) is 2.72. The number of hydrogen-bond acceptors (Lipinski definition) is 3. The first-order valence-electron chi connectivity index (χ1n) is 8.86. The molecule has 0 atom stereocenters. The lowest BCUT2D eigenvalue weighted by Crippen LogP contribution is -2.43. The van der Waals surface area contributed by atoms with Crippen LogP contribution in [0.25, 0.3) is 0 Å². The summed E-state index contributed by atoms with van der Waals surface area (Å²) in [6.07, 6.45) is 5.88. The lowest BCUT2D eigenvalue weighted by molar-refractivity contribution is -0.131. The Kier molecular flexibility index (Phi) is 5.55. The maximum absolute atomic E-state index is 12.2. The molecule has 1 saturated carbocycles. The van der Waals surface area contributed by atoms with E-state index in [0.717, 1.165) is 50.6 Å². The fourth-order valence-electron chi connectivity index (χ4n) is 3.39. The number of para-hydroxylation sites is 1. The number of hydrogen-bond donors (Lipinski definition) is 1. The summed E-state index contributed by atoms with van der Waals surface area (Å²) in [6.45, 7) is 3.30. The van der Waals surface area contributed by atoms with E-state index in [4.69, 9.17) is 4.74 Å². The zero-order valence-corrected chi connectivity index (χ0v) is 14.1. The Morgan fingerprint density at radius 2 is 1.91 bits per heavy atom. The van der Waals surface area contributed by atoms with Gasteiger partial charge in [-0.05, 0) is 62.1 Å². The maximum atomic E-state index is 12.2. The van der Waals surface area contributed by atoms with Crippen molar-refractivity contribution in [3.8, 4) is 5.75 Å². The van der Waals surface area contributed by atoms with Gasteiger partial charge in [-0.15, -0.1) is 0 Å². The van der Waals surface area contributed by atoms with Crippen molar-refractivity contribution in [3.63, 3.8) is 0 Å². The van der Waals surface area contributed by atoms with E-state index in [1.165, 1.54) is 18.4 Å². The summed E-state index contributed by atoms with van der Waals surface area (Å²) in [5, 5.41) is 3.30. The summed E-state index contributed by atoms with van der Waals surface area (Å²) in [5.41, 5.74) is 1.28. The number of rotatable bonds is 7. The van der Waals surface area contributed by atoms with Gasteiger partial charge in [0.1, 0.15) is 5.75 Å². The quantitative estimate of drug-likeness (QED) is 0.840. The smallest absolute Gasteiger partial charge is 0.236 e. The van der Waals surface area contributed by atoms with Crippen LogP contribution in [0.1, 0.15) is 31.2 Å². The number of ether oxygens (including phenoxy) is 1. The minimum Gasteiger partial charge on any atom is -0.496 e. The van der Waals surface area contributed by atoms with Gasteiger partial charge in [-0.3, -0.25) is 4.79 Å². The molecule has 0 radical (unpaired) electrons. The molecule has 1 aliphatic carbocycles. The standard InChI is InChI=1S/C19H28N2O2/c1-23-18-5-3-2-4-17(18)12-15-8-10-21(11-9-15)19(22)14-20-13-16-6-7-16/h2-5,15-16,20H,6-14H2,1H3. The van der Waals surface area contributed by atoms with E-state index < -0.39 is 0 Å². The number of likely N-dealkylation sites (tertiary alicyclic amines) is 1. The molecule has 1 aliphatic heterocycles. The number of nitrogens with one attached hydrogen (secondary N) is 1. The fourth-order valence-corrected chi connectivity index (χ4v) is 3.39. The summed E-state index contributed by atoms with van der Waals surface area (Å²) < 4.78 is 5.44. The van der Waals surface area contributed by atoms with Gasteiger partial charge in [0.05, 0.1) is 13.7 Å². The van der Waals surface area contributed by atoms with E-state index in [9.17, 15) is 4.79 Å². The Hall–Kier alpha value is -1.55. The number of piperidine rings is 1. The topological polar surface area (TPSA) is 41.6 Å². The monoisotopic (exact) mass is 316 g/mol. The Bertz CT molecular complexity index is 520. The van der Waals surface area contributed by atoms with Crippen molar-refractivity contribution in [1.29, 1.82) is 0 Å². The molecule has 1 aromatic rings. The largest absolute Gasteiger partial charge is 0.496 e. The Labute approximate surface area is 139 Å². The van der Waals surface area contributed by atoms with Crippen LogP contribution in [0.5, 0.6) is 5.75 Å². The fraction of sp³-hybridized carbons (Fsp3) is 0.632. The van der Waals surface area contributed by atoms with Crippen LogP contribution in [-0.2, 0) is 11.2 Å². The number of nitrogens with zero attached hydrogens (tertiary/aromatic N) is 1. The number of benzene rings is 1. The molecular formula is C19H28N2O2. The molecule has 1 amide bonds. The van der Waals surface area contributed by atoms with Crippen LogP contribution >= 0.6 is 0 Å². The lowest BCUT2D eigenvalue weighted by atomic mass is 9.90. The van der Waals surface area contributed by atoms with Crippen LogP contribution in [0, 0.1) is 11.8 Å². The average molecular weight is 316 g/mol. The highest BCUT2D eigenvalue weighted by Gasteiger charge is 2.24. The van der Waals surface area contributed by atoms with Crippen LogP contribution in [0.4, 0.5) is 0 Å². The second-order valence-corrected chi connectivity index (χ2v) is 6.91. The van der Waals surface area contributed by atoms with Crippen LogP contribution < -0.4 is 10.1 Å². The molecule has 1 heterocycles. The molecule has 1 N–H and O–H groups in total. The molecule has 2 fully saturated rings. The first-order chi connectivity index (χ1) is 11.3. The zero-order valence-electron chi connectivity index (χ0n) is 14.1. The summed E-state index contributed by atoms with van der Waals surface area (Å²) >= 11 is 0. The second kappa shape index (κ2) is 7.82. The first-order valence-corrected chi connectivity index (χ1v) is 8.86. The van der Waals surface area contributed by atoms with Crippen molar-refractivity contribution >= 4 is 5.91 Å². The van der Waals surface area contributed by atoms with Gasteiger partial charge < -0.3 is 15.0 Å². The van der Waals surface area contributed by atoms with Crippen LogP contribution in [0.3, 0.4) is 0 Å². The van der Waals surface area contributed by atoms with Crippen molar-refractivity contribution in [2.75, 3.05) is 33.3 Å². The molecule has 1 saturated heterocycles. The number of carbonyl (C=O) groups is 1. The van der Waals surface area contributed by atoms with Gasteiger partial charge in [-0.25, -0.2) is 0 Å². The Balaban J connectivity index is 1.41. The summed E-state index contributed by atoms with van der Waals surface area (Å²) in [4.78, 5) is 14.2. The molecule has 0 unspecified atom stereocenters. The normalized spacial score (nSPS) is 18.9. The van der Waals surface area contributed by atoms with E-state index in [1.807, 2.05) is 17.0 Å². The molecular weight excluding hydrogens is 288 g/mol. The molecule has 4 heteroatoms. The SMILES string of the molecule is COc1ccccc1CC1CCN(C(=O)CNCC2CC2)CC1. The second-order valence-electron chi connectivity index (χ2n) is 6.91. The van der Waals surface area contributed by atoms with Crippen LogP contribution in [0.2, 0.25) is 0 Å². The van der Waals surface area contributed by atoms with E-state index >= 15 is 0 Å². The van der Waals surface area contributed by atoms with E-state index in [1.54, 1.807) is 7.11 Å². The van der Waals surface area contributed by atoms with Crippen molar-refractivity contribution < 1.29 is 9.53 Å². The predicted molar refractivity (Wildman–Crippen MR) is 91.6 cm³/mol. The van der Waals surface area contributed by atoms with Gasteiger partial charge in [-0.1, -0.05) is 18.2 Å². The third-order valence-corrected chi connectivity index (χ3v) is 5.07. The van der Waals surface area contributed by atoms with Gasteiger partial charge >= 0.3 is 0 Å². The summed E-state index contributed by atoms with van der Waals surface area (Å²) in [7, 11) is 1.73.